The molecule has 0 aliphatic heterocycles. The second kappa shape index (κ2) is 8.91. The van der Waals surface area contributed by atoms with Crippen molar-refractivity contribution >= 4 is 29.2 Å². The second-order valence-corrected chi connectivity index (χ2v) is 7.05. The van der Waals surface area contributed by atoms with Crippen molar-refractivity contribution in [2.24, 2.45) is 5.92 Å². The summed E-state index contributed by atoms with van der Waals surface area (Å²) in [5, 5.41) is 5.65. The predicted octanol–water partition coefficient (Wildman–Crippen LogP) is 3.04. The zero-order valence-electron chi connectivity index (χ0n) is 16.8. The zero-order valence-corrected chi connectivity index (χ0v) is 16.8. The lowest BCUT2D eigenvalue weighted by Gasteiger charge is -2.09. The van der Waals surface area contributed by atoms with E-state index in [1.54, 1.807) is 38.1 Å². The average Bonchev–Trinajstić information content (AvgIpc) is 3.47. The maximum Gasteiger partial charge on any atom is 0.340 e. The molecule has 1 aromatic carbocycles. The monoisotopic (exact) mass is 399 g/mol. The quantitative estimate of drug-likeness (QED) is 0.467. The van der Waals surface area contributed by atoms with Crippen LogP contribution in [-0.4, -0.2) is 43.1 Å². The Kier molecular flexibility index (Phi) is 6.33. The lowest BCUT2D eigenvalue weighted by Crippen LogP contribution is -2.16. The summed E-state index contributed by atoms with van der Waals surface area (Å²) < 4.78 is 10.0. The summed E-state index contributed by atoms with van der Waals surface area (Å²) in [6.07, 6.45) is 1.84. The molecule has 3 rings (SSSR count). The Balaban J connectivity index is 1.70. The van der Waals surface area contributed by atoms with Crippen LogP contribution < -0.4 is 10.6 Å². The predicted molar refractivity (Wildman–Crippen MR) is 108 cm³/mol. The van der Waals surface area contributed by atoms with Crippen molar-refractivity contribution in [2.45, 2.75) is 26.7 Å². The van der Waals surface area contributed by atoms with E-state index in [0.717, 1.165) is 12.8 Å². The molecule has 2 aromatic rings. The number of nitrogens with one attached hydrogen (secondary N) is 3. The van der Waals surface area contributed by atoms with Gasteiger partial charge in [0.25, 0.3) is 5.91 Å². The van der Waals surface area contributed by atoms with Gasteiger partial charge in [0.2, 0.25) is 5.91 Å². The van der Waals surface area contributed by atoms with Crippen LogP contribution in [0.25, 0.3) is 0 Å². The molecule has 1 fully saturated rings. The highest BCUT2D eigenvalue weighted by molar-refractivity contribution is 6.07. The number of aromatic nitrogens is 1. The first-order chi connectivity index (χ1) is 13.9. The SMILES string of the molecule is COCCOC(=O)c1c(C)[nH]c(C(=O)Nc2cccc(NC(=O)C3CC3)c2)c1C. The number of H-pyrrole nitrogens is 1. The molecule has 1 saturated carbocycles. The number of rotatable bonds is 8. The third-order valence-corrected chi connectivity index (χ3v) is 4.73. The first kappa shape index (κ1) is 20.6. The van der Waals surface area contributed by atoms with E-state index in [2.05, 4.69) is 15.6 Å². The first-order valence-electron chi connectivity index (χ1n) is 9.48. The number of aromatic amines is 1. The highest BCUT2D eigenvalue weighted by Crippen LogP contribution is 2.30. The number of anilines is 2. The second-order valence-electron chi connectivity index (χ2n) is 7.05. The van der Waals surface area contributed by atoms with Crippen molar-refractivity contribution in [2.75, 3.05) is 31.0 Å². The van der Waals surface area contributed by atoms with E-state index in [4.69, 9.17) is 9.47 Å². The maximum absolute atomic E-state index is 12.7. The normalized spacial score (nSPS) is 13.1. The van der Waals surface area contributed by atoms with Gasteiger partial charge in [0.05, 0.1) is 12.2 Å². The third kappa shape index (κ3) is 5.03. The Labute approximate surface area is 169 Å². The van der Waals surface area contributed by atoms with E-state index >= 15 is 0 Å². The Morgan fingerprint density at radius 1 is 1.10 bits per heavy atom. The Bertz CT molecular complexity index is 930. The van der Waals surface area contributed by atoms with Crippen molar-refractivity contribution in [3.05, 3.63) is 46.8 Å². The molecule has 0 atom stereocenters. The van der Waals surface area contributed by atoms with Crippen molar-refractivity contribution in [1.29, 1.82) is 0 Å². The molecule has 1 aliphatic carbocycles. The van der Waals surface area contributed by atoms with Crippen LogP contribution in [0.15, 0.2) is 24.3 Å². The number of hydrogen-bond acceptors (Lipinski definition) is 5. The fraction of sp³-hybridized carbons (Fsp3) is 0.381. The number of ether oxygens (including phenoxy) is 2. The van der Waals surface area contributed by atoms with Gasteiger partial charge >= 0.3 is 5.97 Å². The van der Waals surface area contributed by atoms with E-state index in [0.29, 0.717) is 34.8 Å². The smallest absolute Gasteiger partial charge is 0.340 e. The topological polar surface area (TPSA) is 110 Å². The molecule has 0 bridgehead atoms. The van der Waals surface area contributed by atoms with Gasteiger partial charge in [-0.25, -0.2) is 4.79 Å². The van der Waals surface area contributed by atoms with E-state index in [-0.39, 0.29) is 30.0 Å². The van der Waals surface area contributed by atoms with Gasteiger partial charge in [-0.1, -0.05) is 6.07 Å². The van der Waals surface area contributed by atoms with Crippen LogP contribution in [0.2, 0.25) is 0 Å². The summed E-state index contributed by atoms with van der Waals surface area (Å²) in [5.41, 5.74) is 2.87. The lowest BCUT2D eigenvalue weighted by atomic mass is 10.1. The van der Waals surface area contributed by atoms with Gasteiger partial charge in [-0.3, -0.25) is 9.59 Å². The molecule has 8 nitrogen and oxygen atoms in total. The first-order valence-corrected chi connectivity index (χ1v) is 9.48. The van der Waals surface area contributed by atoms with E-state index in [9.17, 15) is 14.4 Å². The average molecular weight is 399 g/mol. The molecule has 154 valence electrons. The van der Waals surface area contributed by atoms with Crippen LogP contribution >= 0.6 is 0 Å². The summed E-state index contributed by atoms with van der Waals surface area (Å²) in [7, 11) is 1.52. The van der Waals surface area contributed by atoms with Crippen LogP contribution in [0, 0.1) is 19.8 Å². The number of amides is 2. The molecule has 0 spiro atoms. The molecule has 1 heterocycles. The van der Waals surface area contributed by atoms with Crippen molar-refractivity contribution in [3.63, 3.8) is 0 Å². The summed E-state index contributed by atoms with van der Waals surface area (Å²) in [5.74, 6) is -0.787. The fourth-order valence-electron chi connectivity index (χ4n) is 3.03. The van der Waals surface area contributed by atoms with Gasteiger partial charge in [0.1, 0.15) is 12.3 Å². The van der Waals surface area contributed by atoms with Gasteiger partial charge in [0, 0.05) is 30.1 Å². The molecule has 29 heavy (non-hydrogen) atoms. The maximum atomic E-state index is 12.7. The molecular weight excluding hydrogens is 374 g/mol. The van der Waals surface area contributed by atoms with Gasteiger partial charge in [-0.15, -0.1) is 0 Å². The largest absolute Gasteiger partial charge is 0.460 e. The van der Waals surface area contributed by atoms with Crippen LogP contribution in [0.1, 0.15) is 44.9 Å². The number of methoxy groups -OCH3 is 1. The van der Waals surface area contributed by atoms with E-state index in [1.807, 2.05) is 0 Å². The molecule has 3 N–H and O–H groups in total. The zero-order chi connectivity index (χ0) is 21.0. The number of benzene rings is 1. The minimum Gasteiger partial charge on any atom is -0.460 e. The van der Waals surface area contributed by atoms with Crippen LogP contribution in [0.4, 0.5) is 11.4 Å². The minimum atomic E-state index is -0.503. The molecule has 1 aliphatic rings. The molecule has 2 amide bonds. The van der Waals surface area contributed by atoms with Crippen LogP contribution in [0.5, 0.6) is 0 Å². The number of aryl methyl sites for hydroxylation is 1. The van der Waals surface area contributed by atoms with Crippen LogP contribution in [-0.2, 0) is 14.3 Å². The van der Waals surface area contributed by atoms with Gasteiger partial charge in [-0.2, -0.15) is 0 Å². The number of carbonyl (C=O) groups excluding carboxylic acids is 3. The number of esters is 1. The van der Waals surface area contributed by atoms with Crippen molar-refractivity contribution in [1.82, 2.24) is 4.98 Å². The Hall–Kier alpha value is -3.13. The minimum absolute atomic E-state index is 0.000871. The summed E-state index contributed by atoms with van der Waals surface area (Å²) >= 11 is 0. The molecule has 0 radical (unpaired) electrons. The highest BCUT2D eigenvalue weighted by Gasteiger charge is 2.29. The Morgan fingerprint density at radius 3 is 2.45 bits per heavy atom. The van der Waals surface area contributed by atoms with Gasteiger partial charge in [-0.05, 0) is 50.5 Å². The fourth-order valence-corrected chi connectivity index (χ4v) is 3.03. The number of hydrogen-bond donors (Lipinski definition) is 3. The van der Waals surface area contributed by atoms with Gasteiger partial charge in [0.15, 0.2) is 0 Å². The standard InChI is InChI=1S/C21H25N3O5/c1-12-17(21(27)29-10-9-28-3)13(2)22-18(12)20(26)24-16-6-4-5-15(11-16)23-19(25)14-7-8-14/h4-6,11,14,22H,7-10H2,1-3H3,(H,23,25)(H,24,26). The van der Waals surface area contributed by atoms with Crippen molar-refractivity contribution in [3.8, 4) is 0 Å². The van der Waals surface area contributed by atoms with E-state index in [1.165, 1.54) is 7.11 Å². The summed E-state index contributed by atoms with van der Waals surface area (Å²) in [6.45, 7) is 3.85. The molecule has 0 saturated heterocycles. The van der Waals surface area contributed by atoms with Crippen LogP contribution in [0.3, 0.4) is 0 Å². The van der Waals surface area contributed by atoms with Gasteiger partial charge < -0.3 is 25.1 Å². The third-order valence-electron chi connectivity index (χ3n) is 4.73. The summed E-state index contributed by atoms with van der Waals surface area (Å²) in [6, 6.07) is 6.95. The van der Waals surface area contributed by atoms with Crippen molar-refractivity contribution < 1.29 is 23.9 Å². The lowest BCUT2D eigenvalue weighted by molar-refractivity contribution is -0.117. The molecule has 0 unspecified atom stereocenters. The van der Waals surface area contributed by atoms with E-state index < -0.39 is 5.97 Å². The molecular formula is C21H25N3O5. The molecule has 1 aromatic heterocycles. The highest BCUT2D eigenvalue weighted by atomic mass is 16.6. The number of carbonyl (C=O) groups is 3. The molecule has 8 heteroatoms. The Morgan fingerprint density at radius 2 is 1.79 bits per heavy atom. The summed E-state index contributed by atoms with van der Waals surface area (Å²) in [4.78, 5) is 39.9.